The van der Waals surface area contributed by atoms with Crippen molar-refractivity contribution in [3.63, 3.8) is 0 Å². The molecule has 1 N–H and O–H groups in total. The molecule has 4 rings (SSSR count). The van der Waals surface area contributed by atoms with E-state index < -0.39 is 0 Å². The number of aliphatic hydroxyl groups excluding tert-OH is 1. The quantitative estimate of drug-likeness (QED) is 0.502. The summed E-state index contributed by atoms with van der Waals surface area (Å²) in [6.45, 7) is 3.36. The first-order valence-electron chi connectivity index (χ1n) is 13.6. The lowest BCUT2D eigenvalue weighted by atomic mass is 9.93. The van der Waals surface area contributed by atoms with Gasteiger partial charge in [-0.25, -0.2) is 0 Å². The van der Waals surface area contributed by atoms with Crippen LogP contribution in [0.4, 0.5) is 5.69 Å². The monoisotopic (exact) mass is 504 g/mol. The van der Waals surface area contributed by atoms with Gasteiger partial charge in [-0.1, -0.05) is 68.3 Å². The highest BCUT2D eigenvalue weighted by atomic mass is 16.5. The zero-order chi connectivity index (χ0) is 26.2. The third-order valence-corrected chi connectivity index (χ3v) is 7.71. The van der Waals surface area contributed by atoms with Gasteiger partial charge in [0.25, 0.3) is 0 Å². The molecule has 0 spiro atoms. The molecule has 0 unspecified atom stereocenters. The van der Waals surface area contributed by atoms with Crippen LogP contribution in [-0.2, 0) is 27.3 Å². The van der Waals surface area contributed by atoms with Crippen molar-refractivity contribution in [1.82, 2.24) is 4.90 Å². The molecule has 2 aromatic rings. The summed E-state index contributed by atoms with van der Waals surface area (Å²) in [5.74, 6) is 0.285. The summed E-state index contributed by atoms with van der Waals surface area (Å²) in [6.07, 6.45) is 9.70. The van der Waals surface area contributed by atoms with Crippen LogP contribution in [0.15, 0.2) is 60.7 Å². The van der Waals surface area contributed by atoms with E-state index in [0.717, 1.165) is 42.6 Å². The molecule has 37 heavy (non-hydrogen) atoms. The Bertz CT molecular complexity index is 1080. The molecule has 6 heteroatoms. The van der Waals surface area contributed by atoms with Crippen molar-refractivity contribution < 1.29 is 19.4 Å². The smallest absolute Gasteiger partial charge is 0.227 e. The normalized spacial score (nSPS) is 20.3. The van der Waals surface area contributed by atoms with E-state index in [0.29, 0.717) is 19.4 Å². The van der Waals surface area contributed by atoms with Crippen molar-refractivity contribution in [2.24, 2.45) is 5.92 Å². The van der Waals surface area contributed by atoms with Gasteiger partial charge in [-0.15, -0.1) is 0 Å². The van der Waals surface area contributed by atoms with Gasteiger partial charge in [0.15, 0.2) is 0 Å². The number of nitrogens with zero attached hydrogens (tertiary/aromatic N) is 2. The van der Waals surface area contributed by atoms with E-state index >= 15 is 0 Å². The van der Waals surface area contributed by atoms with Gasteiger partial charge in [-0.2, -0.15) is 0 Å². The Morgan fingerprint density at radius 1 is 1.08 bits per heavy atom. The number of amides is 2. The molecule has 0 radical (unpaired) electrons. The minimum Gasteiger partial charge on any atom is -0.394 e. The second kappa shape index (κ2) is 13.0. The highest BCUT2D eigenvalue weighted by Gasteiger charge is 2.28. The number of hydrogen-bond donors (Lipinski definition) is 1. The Morgan fingerprint density at radius 2 is 1.81 bits per heavy atom. The number of rotatable bonds is 8. The SMILES string of the molecule is CO[C@H](c1ccc(N2CCCCCCC2=O)cc1)[C@H](C)/C=C/CC(=O)N1Cc2ccccc2C[C@H]1CO. The molecule has 2 heterocycles. The summed E-state index contributed by atoms with van der Waals surface area (Å²) in [5.41, 5.74) is 4.35. The Labute approximate surface area is 220 Å². The number of ether oxygens (including phenoxy) is 1. The molecule has 198 valence electrons. The Kier molecular flexibility index (Phi) is 9.53. The van der Waals surface area contributed by atoms with Gasteiger partial charge in [-0.3, -0.25) is 9.59 Å². The topological polar surface area (TPSA) is 70.1 Å². The first-order valence-corrected chi connectivity index (χ1v) is 13.6. The van der Waals surface area contributed by atoms with Gasteiger partial charge < -0.3 is 19.6 Å². The fraction of sp³-hybridized carbons (Fsp3) is 0.484. The molecule has 0 bridgehead atoms. The molecular weight excluding hydrogens is 464 g/mol. The van der Waals surface area contributed by atoms with Crippen molar-refractivity contribution in [2.45, 2.75) is 70.6 Å². The molecule has 0 saturated carbocycles. The second-order valence-electron chi connectivity index (χ2n) is 10.3. The van der Waals surface area contributed by atoms with Gasteiger partial charge in [0.05, 0.1) is 18.8 Å². The van der Waals surface area contributed by atoms with Gasteiger partial charge in [-0.05, 0) is 48.1 Å². The molecule has 0 aromatic heterocycles. The number of methoxy groups -OCH3 is 1. The first-order chi connectivity index (χ1) is 18.0. The summed E-state index contributed by atoms with van der Waals surface area (Å²) in [7, 11) is 1.70. The van der Waals surface area contributed by atoms with Crippen LogP contribution in [0.25, 0.3) is 0 Å². The van der Waals surface area contributed by atoms with Gasteiger partial charge >= 0.3 is 0 Å². The predicted octanol–water partition coefficient (Wildman–Crippen LogP) is 5.20. The minimum atomic E-state index is -0.182. The van der Waals surface area contributed by atoms with Crippen LogP contribution in [0.5, 0.6) is 0 Å². The molecule has 3 atom stereocenters. The van der Waals surface area contributed by atoms with Crippen LogP contribution in [0.2, 0.25) is 0 Å². The molecule has 6 nitrogen and oxygen atoms in total. The highest BCUT2D eigenvalue weighted by molar-refractivity contribution is 5.93. The molecule has 1 saturated heterocycles. The zero-order valence-electron chi connectivity index (χ0n) is 22.1. The van der Waals surface area contributed by atoms with E-state index in [4.69, 9.17) is 4.74 Å². The van der Waals surface area contributed by atoms with Crippen LogP contribution in [0.1, 0.15) is 68.2 Å². The number of carbonyl (C=O) groups is 2. The molecule has 2 aromatic carbocycles. The third-order valence-electron chi connectivity index (χ3n) is 7.71. The standard InChI is InChI=1S/C31H40N2O4/c1-23(10-9-14-30(36)33-21-26-12-7-6-11-25(26)20-28(33)22-34)31(37-2)24-15-17-27(18-16-24)32-19-8-4-3-5-13-29(32)35/h6-7,9-12,15-18,23,28,31,34H,3-5,8,13-14,19-22H2,1-2H3/b10-9+/t23-,28+,31+/m1/s1. The third kappa shape index (κ3) is 6.68. The van der Waals surface area contributed by atoms with Gasteiger partial charge in [0, 0.05) is 44.6 Å². The Balaban J connectivity index is 1.37. The lowest BCUT2D eigenvalue weighted by Gasteiger charge is -2.36. The van der Waals surface area contributed by atoms with Crippen molar-refractivity contribution in [2.75, 3.05) is 25.2 Å². The number of hydrogen-bond acceptors (Lipinski definition) is 4. The largest absolute Gasteiger partial charge is 0.394 e. The Hall–Kier alpha value is -2.96. The molecular formula is C31H40N2O4. The van der Waals surface area contributed by atoms with Crippen LogP contribution in [-0.4, -0.2) is 48.1 Å². The highest BCUT2D eigenvalue weighted by Crippen LogP contribution is 2.30. The fourth-order valence-corrected chi connectivity index (χ4v) is 5.57. The lowest BCUT2D eigenvalue weighted by molar-refractivity contribution is -0.134. The first kappa shape index (κ1) is 27.1. The lowest BCUT2D eigenvalue weighted by Crippen LogP contribution is -2.46. The van der Waals surface area contributed by atoms with Crippen LogP contribution in [0, 0.1) is 5.92 Å². The van der Waals surface area contributed by atoms with Crippen LogP contribution in [0.3, 0.4) is 0 Å². The second-order valence-corrected chi connectivity index (χ2v) is 10.3. The van der Waals surface area contributed by atoms with Crippen LogP contribution >= 0.6 is 0 Å². The molecule has 2 aliphatic rings. The average Bonchev–Trinajstić information content (AvgIpc) is 2.91. The van der Waals surface area contributed by atoms with Crippen molar-refractivity contribution in [1.29, 1.82) is 0 Å². The fourth-order valence-electron chi connectivity index (χ4n) is 5.57. The van der Waals surface area contributed by atoms with Gasteiger partial charge in [0.1, 0.15) is 0 Å². The summed E-state index contributed by atoms with van der Waals surface area (Å²) in [5, 5.41) is 9.87. The van der Waals surface area contributed by atoms with E-state index in [2.05, 4.69) is 19.1 Å². The number of benzene rings is 2. The number of aliphatic hydroxyl groups is 1. The molecule has 2 aliphatic heterocycles. The summed E-state index contributed by atoms with van der Waals surface area (Å²) >= 11 is 0. The van der Waals surface area contributed by atoms with Crippen molar-refractivity contribution in [3.05, 3.63) is 77.4 Å². The van der Waals surface area contributed by atoms with Crippen molar-refractivity contribution >= 4 is 17.5 Å². The molecule has 1 fully saturated rings. The maximum Gasteiger partial charge on any atom is 0.227 e. The van der Waals surface area contributed by atoms with E-state index in [-0.39, 0.29) is 42.9 Å². The average molecular weight is 505 g/mol. The zero-order valence-corrected chi connectivity index (χ0v) is 22.1. The molecule has 0 aliphatic carbocycles. The maximum atomic E-state index is 13.0. The van der Waals surface area contributed by atoms with E-state index in [1.54, 1.807) is 12.0 Å². The van der Waals surface area contributed by atoms with Crippen LogP contribution < -0.4 is 4.90 Å². The predicted molar refractivity (Wildman–Crippen MR) is 146 cm³/mol. The Morgan fingerprint density at radius 3 is 2.54 bits per heavy atom. The number of carbonyl (C=O) groups excluding carboxylic acids is 2. The number of anilines is 1. The molecule has 2 amide bonds. The minimum absolute atomic E-state index is 0.0215. The summed E-state index contributed by atoms with van der Waals surface area (Å²) < 4.78 is 5.83. The van der Waals surface area contributed by atoms with Crippen molar-refractivity contribution in [3.8, 4) is 0 Å². The van der Waals surface area contributed by atoms with E-state index in [9.17, 15) is 14.7 Å². The summed E-state index contributed by atoms with van der Waals surface area (Å²) in [6, 6.07) is 16.1. The van der Waals surface area contributed by atoms with Gasteiger partial charge in [0.2, 0.25) is 11.8 Å². The van der Waals surface area contributed by atoms with E-state index in [1.807, 2.05) is 53.5 Å². The number of fused-ring (bicyclic) bond motifs is 1. The summed E-state index contributed by atoms with van der Waals surface area (Å²) in [4.78, 5) is 29.3. The maximum absolute atomic E-state index is 13.0. The van der Waals surface area contributed by atoms with E-state index in [1.165, 1.54) is 12.0 Å².